The standard InChI is InChI=1S/C17H21N3O5S/c1-12(2)19-26(23,24)15-8-9-16(17(10-15)20(21)22)18-11-13-4-6-14(25-3)7-5-13/h4-10,12,18-19H,11H2,1-3H3. The van der Waals surface area contributed by atoms with E-state index < -0.39 is 14.9 Å². The van der Waals surface area contributed by atoms with E-state index in [-0.39, 0.29) is 22.3 Å². The number of nitro benzene ring substituents is 1. The highest BCUT2D eigenvalue weighted by Crippen LogP contribution is 2.28. The van der Waals surface area contributed by atoms with Crippen molar-refractivity contribution >= 4 is 21.4 Å². The number of hydrogen-bond donors (Lipinski definition) is 2. The zero-order chi connectivity index (χ0) is 19.3. The van der Waals surface area contributed by atoms with Crippen molar-refractivity contribution in [1.29, 1.82) is 0 Å². The maximum absolute atomic E-state index is 12.2. The van der Waals surface area contributed by atoms with E-state index in [4.69, 9.17) is 4.74 Å². The van der Waals surface area contributed by atoms with Crippen molar-refractivity contribution in [3.63, 3.8) is 0 Å². The zero-order valence-electron chi connectivity index (χ0n) is 14.7. The molecular formula is C17H21N3O5S. The fourth-order valence-corrected chi connectivity index (χ4v) is 3.57. The summed E-state index contributed by atoms with van der Waals surface area (Å²) in [6.07, 6.45) is 0. The highest BCUT2D eigenvalue weighted by Gasteiger charge is 2.22. The first-order chi connectivity index (χ1) is 12.2. The summed E-state index contributed by atoms with van der Waals surface area (Å²) in [6.45, 7) is 3.70. The summed E-state index contributed by atoms with van der Waals surface area (Å²) in [5.41, 5.74) is 0.845. The SMILES string of the molecule is COc1ccc(CNc2ccc(S(=O)(=O)NC(C)C)cc2[N+](=O)[O-])cc1. The summed E-state index contributed by atoms with van der Waals surface area (Å²) in [6, 6.07) is 10.7. The molecule has 2 aromatic carbocycles. The van der Waals surface area contributed by atoms with Crippen molar-refractivity contribution in [3.05, 3.63) is 58.1 Å². The fraction of sp³-hybridized carbons (Fsp3) is 0.294. The summed E-state index contributed by atoms with van der Waals surface area (Å²) < 4.78 is 31.9. The Morgan fingerprint density at radius 2 is 1.81 bits per heavy atom. The number of nitro groups is 1. The lowest BCUT2D eigenvalue weighted by Crippen LogP contribution is -2.30. The number of methoxy groups -OCH3 is 1. The van der Waals surface area contributed by atoms with Crippen LogP contribution in [0.4, 0.5) is 11.4 Å². The minimum atomic E-state index is -3.80. The van der Waals surface area contributed by atoms with E-state index in [0.29, 0.717) is 12.3 Å². The van der Waals surface area contributed by atoms with Crippen LogP contribution in [0.3, 0.4) is 0 Å². The van der Waals surface area contributed by atoms with Crippen molar-refractivity contribution in [1.82, 2.24) is 4.72 Å². The van der Waals surface area contributed by atoms with Crippen molar-refractivity contribution in [2.24, 2.45) is 0 Å². The van der Waals surface area contributed by atoms with Crippen LogP contribution >= 0.6 is 0 Å². The monoisotopic (exact) mass is 379 g/mol. The predicted molar refractivity (Wildman–Crippen MR) is 98.9 cm³/mol. The summed E-state index contributed by atoms with van der Waals surface area (Å²) in [4.78, 5) is 10.6. The minimum absolute atomic E-state index is 0.145. The van der Waals surface area contributed by atoms with Crippen LogP contribution in [0.5, 0.6) is 5.75 Å². The van der Waals surface area contributed by atoms with Crippen LogP contribution in [0.15, 0.2) is 47.4 Å². The third kappa shape index (κ3) is 4.93. The number of hydrogen-bond acceptors (Lipinski definition) is 6. The first kappa shape index (κ1) is 19.7. The molecule has 2 N–H and O–H groups in total. The molecule has 8 nitrogen and oxygen atoms in total. The molecule has 0 fully saturated rings. The van der Waals surface area contributed by atoms with Gasteiger partial charge in [0.25, 0.3) is 5.69 Å². The maximum Gasteiger partial charge on any atom is 0.293 e. The van der Waals surface area contributed by atoms with Crippen LogP contribution in [0.2, 0.25) is 0 Å². The lowest BCUT2D eigenvalue weighted by Gasteiger charge is -2.12. The topological polar surface area (TPSA) is 111 Å². The second kappa shape index (κ2) is 8.15. The number of sulfonamides is 1. The Hall–Kier alpha value is -2.65. The molecule has 0 aliphatic carbocycles. The lowest BCUT2D eigenvalue weighted by atomic mass is 10.2. The van der Waals surface area contributed by atoms with Gasteiger partial charge in [0.1, 0.15) is 11.4 Å². The number of rotatable bonds is 8. The van der Waals surface area contributed by atoms with Gasteiger partial charge in [-0.2, -0.15) is 0 Å². The lowest BCUT2D eigenvalue weighted by molar-refractivity contribution is -0.384. The van der Waals surface area contributed by atoms with Crippen molar-refractivity contribution < 1.29 is 18.1 Å². The van der Waals surface area contributed by atoms with Crippen molar-refractivity contribution in [2.45, 2.75) is 31.3 Å². The van der Waals surface area contributed by atoms with Gasteiger partial charge in [-0.05, 0) is 43.7 Å². The molecule has 0 atom stereocenters. The van der Waals surface area contributed by atoms with E-state index in [0.717, 1.165) is 11.6 Å². The van der Waals surface area contributed by atoms with E-state index >= 15 is 0 Å². The van der Waals surface area contributed by atoms with Gasteiger partial charge in [-0.25, -0.2) is 13.1 Å². The molecule has 0 heterocycles. The van der Waals surface area contributed by atoms with Gasteiger partial charge >= 0.3 is 0 Å². The second-order valence-electron chi connectivity index (χ2n) is 5.91. The molecule has 0 amide bonds. The molecule has 0 aliphatic rings. The Balaban J connectivity index is 2.24. The van der Waals surface area contributed by atoms with Crippen LogP contribution < -0.4 is 14.8 Å². The molecule has 0 aromatic heterocycles. The Morgan fingerprint density at radius 3 is 2.35 bits per heavy atom. The minimum Gasteiger partial charge on any atom is -0.497 e. The van der Waals surface area contributed by atoms with E-state index in [1.54, 1.807) is 33.1 Å². The average molecular weight is 379 g/mol. The summed E-state index contributed by atoms with van der Waals surface area (Å²) in [5.74, 6) is 0.715. The third-order valence-corrected chi connectivity index (χ3v) is 5.17. The molecule has 0 saturated carbocycles. The molecule has 0 bridgehead atoms. The highest BCUT2D eigenvalue weighted by molar-refractivity contribution is 7.89. The van der Waals surface area contributed by atoms with Gasteiger partial charge in [0.2, 0.25) is 10.0 Å². The van der Waals surface area contributed by atoms with Gasteiger partial charge in [0, 0.05) is 18.7 Å². The number of nitrogens with zero attached hydrogens (tertiary/aromatic N) is 1. The third-order valence-electron chi connectivity index (χ3n) is 3.51. The van der Waals surface area contributed by atoms with Gasteiger partial charge in [-0.15, -0.1) is 0 Å². The number of nitrogens with one attached hydrogen (secondary N) is 2. The number of anilines is 1. The average Bonchev–Trinajstić information content (AvgIpc) is 2.59. The van der Waals surface area contributed by atoms with Gasteiger partial charge < -0.3 is 10.1 Å². The molecule has 0 saturated heterocycles. The van der Waals surface area contributed by atoms with Gasteiger partial charge in [0.15, 0.2) is 0 Å². The normalized spacial score (nSPS) is 11.4. The number of benzene rings is 2. The van der Waals surface area contributed by atoms with E-state index in [1.807, 2.05) is 12.1 Å². The van der Waals surface area contributed by atoms with Crippen LogP contribution in [-0.4, -0.2) is 26.5 Å². The van der Waals surface area contributed by atoms with Crippen LogP contribution in [0.25, 0.3) is 0 Å². The molecule has 2 aromatic rings. The summed E-state index contributed by atoms with van der Waals surface area (Å²) >= 11 is 0. The first-order valence-corrected chi connectivity index (χ1v) is 9.39. The van der Waals surface area contributed by atoms with E-state index in [1.165, 1.54) is 12.1 Å². The van der Waals surface area contributed by atoms with Crippen LogP contribution in [0.1, 0.15) is 19.4 Å². The molecule has 0 unspecified atom stereocenters. The highest BCUT2D eigenvalue weighted by atomic mass is 32.2. The summed E-state index contributed by atoms with van der Waals surface area (Å²) in [5, 5.41) is 14.3. The maximum atomic E-state index is 12.2. The predicted octanol–water partition coefficient (Wildman–Crippen LogP) is 2.90. The first-order valence-electron chi connectivity index (χ1n) is 7.90. The van der Waals surface area contributed by atoms with Gasteiger partial charge in [0.05, 0.1) is 16.9 Å². The molecule has 9 heteroatoms. The number of ether oxygens (including phenoxy) is 1. The quantitative estimate of drug-likeness (QED) is 0.539. The zero-order valence-corrected chi connectivity index (χ0v) is 15.5. The molecule has 0 radical (unpaired) electrons. The second-order valence-corrected chi connectivity index (χ2v) is 7.63. The Kier molecular flexibility index (Phi) is 6.17. The Labute approximate surface area is 152 Å². The fourth-order valence-electron chi connectivity index (χ4n) is 2.30. The molecule has 140 valence electrons. The molecule has 0 aliphatic heterocycles. The molecule has 0 spiro atoms. The largest absolute Gasteiger partial charge is 0.497 e. The molecular weight excluding hydrogens is 358 g/mol. The van der Waals surface area contributed by atoms with Gasteiger partial charge in [-0.3, -0.25) is 10.1 Å². The smallest absolute Gasteiger partial charge is 0.293 e. The molecule has 2 rings (SSSR count). The van der Waals surface area contributed by atoms with Crippen molar-refractivity contribution in [2.75, 3.05) is 12.4 Å². The summed E-state index contributed by atoms with van der Waals surface area (Å²) in [7, 11) is -2.23. The van der Waals surface area contributed by atoms with E-state index in [2.05, 4.69) is 10.0 Å². The van der Waals surface area contributed by atoms with E-state index in [9.17, 15) is 18.5 Å². The Morgan fingerprint density at radius 1 is 1.15 bits per heavy atom. The van der Waals surface area contributed by atoms with Crippen LogP contribution in [0, 0.1) is 10.1 Å². The molecule has 26 heavy (non-hydrogen) atoms. The van der Waals surface area contributed by atoms with Gasteiger partial charge in [-0.1, -0.05) is 12.1 Å². The van der Waals surface area contributed by atoms with Crippen molar-refractivity contribution in [3.8, 4) is 5.75 Å². The Bertz CT molecular complexity index is 880. The van der Waals surface area contributed by atoms with Crippen LogP contribution in [-0.2, 0) is 16.6 Å².